The van der Waals surface area contributed by atoms with E-state index in [0.717, 1.165) is 17.1 Å². The zero-order valence-electron chi connectivity index (χ0n) is 11.4. The van der Waals surface area contributed by atoms with Gasteiger partial charge in [0.1, 0.15) is 0 Å². The molecule has 3 aromatic rings. The average molecular weight is 442 g/mol. The van der Waals surface area contributed by atoms with Crippen LogP contribution in [0.15, 0.2) is 54.6 Å². The van der Waals surface area contributed by atoms with E-state index < -0.39 is 0 Å². The van der Waals surface area contributed by atoms with Gasteiger partial charge >= 0.3 is 0 Å². The Morgan fingerprint density at radius 3 is 2.30 bits per heavy atom. The fraction of sp³-hybridized carbons (Fsp3) is 0.118. The first-order chi connectivity index (χ1) is 9.27. The Bertz CT molecular complexity index is 688. The summed E-state index contributed by atoms with van der Waals surface area (Å²) in [6, 6.07) is 21.5. The summed E-state index contributed by atoms with van der Waals surface area (Å²) in [6.07, 6.45) is 0. The molecule has 2 nitrogen and oxygen atoms in total. The summed E-state index contributed by atoms with van der Waals surface area (Å²) < 4.78 is 1.97. The second-order valence-corrected chi connectivity index (χ2v) is 4.58. The average Bonchev–Trinajstić information content (AvgIpc) is 2.77. The minimum atomic E-state index is 0. The molecule has 1 aromatic heterocycles. The fourth-order valence-corrected chi connectivity index (χ4v) is 2.23. The van der Waals surface area contributed by atoms with Crippen LogP contribution in [0, 0.1) is 19.9 Å². The van der Waals surface area contributed by atoms with Gasteiger partial charge in [0.2, 0.25) is 0 Å². The van der Waals surface area contributed by atoms with E-state index in [4.69, 9.17) is 0 Å². The number of rotatable bonds is 2. The van der Waals surface area contributed by atoms with Crippen molar-refractivity contribution in [3.8, 4) is 16.9 Å². The Morgan fingerprint density at radius 1 is 0.950 bits per heavy atom. The molecule has 0 aliphatic heterocycles. The predicted molar refractivity (Wildman–Crippen MR) is 77.3 cm³/mol. The van der Waals surface area contributed by atoms with E-state index in [1.165, 1.54) is 11.1 Å². The molecule has 0 saturated heterocycles. The predicted octanol–water partition coefficient (Wildman–Crippen LogP) is 3.95. The summed E-state index contributed by atoms with van der Waals surface area (Å²) in [7, 11) is 0. The summed E-state index contributed by atoms with van der Waals surface area (Å²) in [5.74, 6) is 0. The van der Waals surface area contributed by atoms with Gasteiger partial charge in [0, 0.05) is 26.6 Å². The Hall–Kier alpha value is -1.66. The van der Waals surface area contributed by atoms with Gasteiger partial charge in [0.15, 0.2) is 0 Å². The van der Waals surface area contributed by atoms with Crippen LogP contribution in [-0.4, -0.2) is 9.78 Å². The van der Waals surface area contributed by atoms with Crippen molar-refractivity contribution >= 4 is 0 Å². The quantitative estimate of drug-likeness (QED) is 0.550. The van der Waals surface area contributed by atoms with E-state index in [9.17, 15) is 0 Å². The van der Waals surface area contributed by atoms with Crippen molar-refractivity contribution in [3.05, 3.63) is 71.9 Å². The van der Waals surface area contributed by atoms with Gasteiger partial charge in [-0.05, 0) is 25.1 Å². The van der Waals surface area contributed by atoms with Gasteiger partial charge in [-0.15, -0.1) is 6.07 Å². The summed E-state index contributed by atoms with van der Waals surface area (Å²) >= 11 is 0. The minimum absolute atomic E-state index is 0. The number of hydrogen-bond acceptors (Lipinski definition) is 1. The van der Waals surface area contributed by atoms with Crippen LogP contribution in [0.2, 0.25) is 0 Å². The van der Waals surface area contributed by atoms with Crippen LogP contribution in [0.4, 0.5) is 0 Å². The van der Waals surface area contributed by atoms with Crippen molar-refractivity contribution in [2.45, 2.75) is 13.8 Å². The molecular weight excluding hydrogens is 427 g/mol. The third kappa shape index (κ3) is 2.62. The number of nitrogens with zero attached hydrogens (tertiary/aromatic N) is 2. The monoisotopic (exact) mass is 442 g/mol. The fourth-order valence-electron chi connectivity index (χ4n) is 2.23. The van der Waals surface area contributed by atoms with Gasteiger partial charge in [-0.2, -0.15) is 29.4 Å². The molecule has 0 saturated carbocycles. The third-order valence-corrected chi connectivity index (χ3v) is 3.33. The molecule has 20 heavy (non-hydrogen) atoms. The number of aromatic nitrogens is 2. The van der Waals surface area contributed by atoms with Crippen molar-refractivity contribution in [1.29, 1.82) is 0 Å². The molecule has 0 fully saturated rings. The van der Waals surface area contributed by atoms with Crippen molar-refractivity contribution < 1.29 is 21.1 Å². The molecule has 3 heteroatoms. The van der Waals surface area contributed by atoms with Gasteiger partial charge in [0.25, 0.3) is 0 Å². The van der Waals surface area contributed by atoms with E-state index in [1.54, 1.807) is 0 Å². The molecule has 2 aromatic carbocycles. The Kier molecular flexibility index (Phi) is 4.56. The van der Waals surface area contributed by atoms with E-state index in [1.807, 2.05) is 41.9 Å². The van der Waals surface area contributed by atoms with Crippen LogP contribution in [0.5, 0.6) is 0 Å². The molecule has 104 valence electrons. The number of para-hydroxylation sites is 1. The van der Waals surface area contributed by atoms with Gasteiger partial charge in [0.05, 0.1) is 11.4 Å². The summed E-state index contributed by atoms with van der Waals surface area (Å²) in [5, 5.41) is 4.64. The molecule has 0 atom stereocenters. The normalized spacial score (nSPS) is 10.1. The molecular formula is C17H15N2Pt-. The largest absolute Gasteiger partial charge is 0.257 e. The first-order valence-corrected chi connectivity index (χ1v) is 6.36. The van der Waals surface area contributed by atoms with Crippen LogP contribution in [0.1, 0.15) is 11.3 Å². The third-order valence-electron chi connectivity index (χ3n) is 3.33. The molecule has 0 aliphatic carbocycles. The number of aryl methyl sites for hydroxylation is 1. The van der Waals surface area contributed by atoms with Gasteiger partial charge in [-0.3, -0.25) is 4.68 Å². The Balaban J connectivity index is 0.00000147. The zero-order valence-corrected chi connectivity index (χ0v) is 13.7. The van der Waals surface area contributed by atoms with Crippen LogP contribution in [-0.2, 0) is 21.1 Å². The van der Waals surface area contributed by atoms with E-state index >= 15 is 0 Å². The van der Waals surface area contributed by atoms with E-state index in [2.05, 4.69) is 42.4 Å². The maximum Gasteiger partial charge on any atom is 0.0747 e. The first kappa shape index (κ1) is 14.7. The van der Waals surface area contributed by atoms with Crippen molar-refractivity contribution in [2.24, 2.45) is 0 Å². The smallest absolute Gasteiger partial charge is 0.0747 e. The molecule has 0 radical (unpaired) electrons. The maximum atomic E-state index is 4.64. The maximum absolute atomic E-state index is 4.64. The van der Waals surface area contributed by atoms with Gasteiger partial charge < -0.3 is 0 Å². The second kappa shape index (κ2) is 6.19. The molecule has 0 unspecified atom stereocenters. The Labute approximate surface area is 133 Å². The zero-order chi connectivity index (χ0) is 13.2. The molecule has 1 heterocycles. The summed E-state index contributed by atoms with van der Waals surface area (Å²) in [4.78, 5) is 0. The summed E-state index contributed by atoms with van der Waals surface area (Å²) in [5.41, 5.74) is 5.55. The minimum Gasteiger partial charge on any atom is -0.257 e. The SMILES string of the molecule is Cc1nn(-c2[c-]cccc2)c(-c2ccccc2)c1C.[Pt]. The summed E-state index contributed by atoms with van der Waals surface area (Å²) in [6.45, 7) is 4.16. The van der Waals surface area contributed by atoms with Gasteiger partial charge in [-0.1, -0.05) is 30.3 Å². The second-order valence-electron chi connectivity index (χ2n) is 4.58. The molecule has 0 N–H and O–H groups in total. The van der Waals surface area contributed by atoms with Crippen molar-refractivity contribution in [2.75, 3.05) is 0 Å². The number of benzene rings is 2. The van der Waals surface area contributed by atoms with Gasteiger partial charge in [-0.25, -0.2) is 0 Å². The number of hydrogen-bond donors (Lipinski definition) is 0. The standard InChI is InChI=1S/C17H15N2.Pt/c1-13-14(2)18-19(16-11-7-4-8-12-16)17(13)15-9-5-3-6-10-15;/h3-11H,1-2H3;/q-1;. The van der Waals surface area contributed by atoms with Crippen molar-refractivity contribution in [1.82, 2.24) is 9.78 Å². The topological polar surface area (TPSA) is 17.8 Å². The van der Waals surface area contributed by atoms with Crippen LogP contribution >= 0.6 is 0 Å². The first-order valence-electron chi connectivity index (χ1n) is 6.36. The molecule has 0 amide bonds. The van der Waals surface area contributed by atoms with Crippen LogP contribution < -0.4 is 0 Å². The molecule has 3 rings (SSSR count). The van der Waals surface area contributed by atoms with Crippen LogP contribution in [0.25, 0.3) is 16.9 Å². The molecule has 0 aliphatic rings. The van der Waals surface area contributed by atoms with E-state index in [-0.39, 0.29) is 21.1 Å². The van der Waals surface area contributed by atoms with Crippen LogP contribution in [0.3, 0.4) is 0 Å². The van der Waals surface area contributed by atoms with E-state index in [0.29, 0.717) is 0 Å². The molecule has 0 bridgehead atoms. The molecule has 0 spiro atoms. The Morgan fingerprint density at radius 2 is 1.65 bits per heavy atom. The van der Waals surface area contributed by atoms with Crippen molar-refractivity contribution in [3.63, 3.8) is 0 Å².